The summed E-state index contributed by atoms with van der Waals surface area (Å²) in [6.07, 6.45) is 5.16. The lowest BCUT2D eigenvalue weighted by Gasteiger charge is -2.22. The Bertz CT molecular complexity index is 368. The minimum atomic E-state index is -0.0288. The molecule has 5 nitrogen and oxygen atoms in total. The molecule has 2 rings (SSSR count). The van der Waals surface area contributed by atoms with Crippen LogP contribution in [-0.4, -0.2) is 35.3 Å². The Balaban J connectivity index is 1.71. The van der Waals surface area contributed by atoms with Crippen molar-refractivity contribution >= 4 is 5.91 Å². The highest BCUT2D eigenvalue weighted by Gasteiger charge is 2.14. The van der Waals surface area contributed by atoms with Crippen molar-refractivity contribution < 1.29 is 4.79 Å². The van der Waals surface area contributed by atoms with E-state index in [1.165, 1.54) is 12.8 Å². The van der Waals surface area contributed by atoms with Crippen molar-refractivity contribution in [2.45, 2.75) is 19.3 Å². The molecule has 1 fully saturated rings. The SMILES string of the molecule is Cn1nccc1C(=O)NCCC1CCNCC1. The Hall–Kier alpha value is -1.36. The van der Waals surface area contributed by atoms with E-state index in [9.17, 15) is 4.79 Å². The smallest absolute Gasteiger partial charge is 0.269 e. The van der Waals surface area contributed by atoms with Crippen molar-refractivity contribution in [3.63, 3.8) is 0 Å². The van der Waals surface area contributed by atoms with E-state index in [1.807, 2.05) is 0 Å². The summed E-state index contributed by atoms with van der Waals surface area (Å²) in [4.78, 5) is 11.8. The lowest BCUT2D eigenvalue weighted by molar-refractivity contribution is 0.0941. The van der Waals surface area contributed by atoms with Crippen molar-refractivity contribution in [2.24, 2.45) is 13.0 Å². The quantitative estimate of drug-likeness (QED) is 0.802. The third kappa shape index (κ3) is 3.30. The molecular weight excluding hydrogens is 216 g/mol. The van der Waals surface area contributed by atoms with Gasteiger partial charge in [-0.05, 0) is 44.3 Å². The molecule has 1 saturated heterocycles. The minimum absolute atomic E-state index is 0.0288. The number of piperidine rings is 1. The predicted octanol–water partition coefficient (Wildman–Crippen LogP) is 0.540. The first-order chi connectivity index (χ1) is 8.27. The Labute approximate surface area is 102 Å². The molecule has 2 N–H and O–H groups in total. The van der Waals surface area contributed by atoms with Crippen LogP contribution in [0.25, 0.3) is 0 Å². The number of rotatable bonds is 4. The summed E-state index contributed by atoms with van der Waals surface area (Å²) >= 11 is 0. The summed E-state index contributed by atoms with van der Waals surface area (Å²) in [5, 5.41) is 10.3. The Morgan fingerprint density at radius 2 is 2.35 bits per heavy atom. The monoisotopic (exact) mass is 236 g/mol. The number of carbonyl (C=O) groups excluding carboxylic acids is 1. The molecule has 0 atom stereocenters. The van der Waals surface area contributed by atoms with Gasteiger partial charge in [-0.1, -0.05) is 0 Å². The number of aryl methyl sites for hydroxylation is 1. The van der Waals surface area contributed by atoms with E-state index in [-0.39, 0.29) is 5.91 Å². The maximum atomic E-state index is 11.8. The number of hydrogen-bond donors (Lipinski definition) is 2. The van der Waals surface area contributed by atoms with Gasteiger partial charge in [-0.2, -0.15) is 5.10 Å². The molecule has 0 spiro atoms. The zero-order valence-electron chi connectivity index (χ0n) is 10.3. The van der Waals surface area contributed by atoms with Crippen LogP contribution in [0.15, 0.2) is 12.3 Å². The van der Waals surface area contributed by atoms with Crippen LogP contribution < -0.4 is 10.6 Å². The van der Waals surface area contributed by atoms with Gasteiger partial charge in [0.2, 0.25) is 0 Å². The fourth-order valence-electron chi connectivity index (χ4n) is 2.25. The van der Waals surface area contributed by atoms with E-state index in [2.05, 4.69) is 15.7 Å². The van der Waals surface area contributed by atoms with Crippen molar-refractivity contribution in [2.75, 3.05) is 19.6 Å². The molecule has 0 bridgehead atoms. The maximum absolute atomic E-state index is 11.8. The predicted molar refractivity (Wildman–Crippen MR) is 65.8 cm³/mol. The molecule has 1 amide bonds. The van der Waals surface area contributed by atoms with Gasteiger partial charge in [0.05, 0.1) is 0 Å². The fraction of sp³-hybridized carbons (Fsp3) is 0.667. The van der Waals surface area contributed by atoms with E-state index in [4.69, 9.17) is 0 Å². The molecule has 17 heavy (non-hydrogen) atoms. The summed E-state index contributed by atoms with van der Waals surface area (Å²) in [6.45, 7) is 2.98. The Kier molecular flexibility index (Phi) is 4.14. The van der Waals surface area contributed by atoms with Crippen LogP contribution >= 0.6 is 0 Å². The van der Waals surface area contributed by atoms with Gasteiger partial charge >= 0.3 is 0 Å². The molecule has 0 radical (unpaired) electrons. The molecule has 1 aliphatic rings. The molecule has 94 valence electrons. The standard InChI is InChI=1S/C12H20N4O/c1-16-11(5-9-15-16)12(17)14-8-4-10-2-6-13-7-3-10/h5,9-10,13H,2-4,6-8H2,1H3,(H,14,17). The molecule has 1 aromatic rings. The Morgan fingerprint density at radius 3 is 3.00 bits per heavy atom. The lowest BCUT2D eigenvalue weighted by Crippen LogP contribution is -2.32. The van der Waals surface area contributed by atoms with E-state index in [0.29, 0.717) is 5.69 Å². The van der Waals surface area contributed by atoms with Crippen molar-refractivity contribution in [1.29, 1.82) is 0 Å². The molecule has 0 saturated carbocycles. The molecular formula is C12H20N4O. The highest BCUT2D eigenvalue weighted by Crippen LogP contribution is 2.14. The number of hydrogen-bond acceptors (Lipinski definition) is 3. The zero-order chi connectivity index (χ0) is 12.1. The van der Waals surface area contributed by atoms with Gasteiger partial charge in [0.15, 0.2) is 0 Å². The second-order valence-electron chi connectivity index (χ2n) is 4.58. The first-order valence-electron chi connectivity index (χ1n) is 6.24. The first-order valence-corrected chi connectivity index (χ1v) is 6.24. The van der Waals surface area contributed by atoms with Crippen LogP contribution in [0.1, 0.15) is 29.8 Å². The third-order valence-corrected chi connectivity index (χ3v) is 3.35. The molecule has 1 aliphatic heterocycles. The summed E-state index contributed by atoms with van der Waals surface area (Å²) in [5.74, 6) is 0.724. The van der Waals surface area contributed by atoms with E-state index in [0.717, 1.165) is 32.0 Å². The summed E-state index contributed by atoms with van der Waals surface area (Å²) in [5.41, 5.74) is 0.621. The average Bonchev–Trinajstić information content (AvgIpc) is 2.77. The molecule has 2 heterocycles. The van der Waals surface area contributed by atoms with Crippen LogP contribution in [0, 0.1) is 5.92 Å². The fourth-order valence-corrected chi connectivity index (χ4v) is 2.25. The van der Waals surface area contributed by atoms with Gasteiger partial charge in [-0.3, -0.25) is 9.48 Å². The van der Waals surface area contributed by atoms with E-state index >= 15 is 0 Å². The molecule has 0 unspecified atom stereocenters. The number of nitrogens with zero attached hydrogens (tertiary/aromatic N) is 2. The summed E-state index contributed by atoms with van der Waals surface area (Å²) < 4.78 is 1.60. The van der Waals surface area contributed by atoms with Crippen LogP contribution in [0.4, 0.5) is 0 Å². The molecule has 5 heteroatoms. The second-order valence-corrected chi connectivity index (χ2v) is 4.58. The number of aromatic nitrogens is 2. The van der Waals surface area contributed by atoms with Gasteiger partial charge < -0.3 is 10.6 Å². The molecule has 0 aromatic carbocycles. The maximum Gasteiger partial charge on any atom is 0.269 e. The van der Waals surface area contributed by atoms with Crippen LogP contribution in [-0.2, 0) is 7.05 Å². The number of nitrogens with one attached hydrogen (secondary N) is 2. The normalized spacial score (nSPS) is 17.0. The van der Waals surface area contributed by atoms with Gasteiger partial charge in [-0.25, -0.2) is 0 Å². The minimum Gasteiger partial charge on any atom is -0.351 e. The van der Waals surface area contributed by atoms with Crippen LogP contribution in [0.5, 0.6) is 0 Å². The van der Waals surface area contributed by atoms with Crippen molar-refractivity contribution in [3.05, 3.63) is 18.0 Å². The molecule has 1 aromatic heterocycles. The van der Waals surface area contributed by atoms with Crippen LogP contribution in [0.3, 0.4) is 0 Å². The third-order valence-electron chi connectivity index (χ3n) is 3.35. The number of carbonyl (C=O) groups is 1. The zero-order valence-corrected chi connectivity index (χ0v) is 10.3. The van der Waals surface area contributed by atoms with Gasteiger partial charge in [0.25, 0.3) is 5.91 Å². The van der Waals surface area contributed by atoms with Gasteiger partial charge in [0, 0.05) is 19.8 Å². The van der Waals surface area contributed by atoms with E-state index < -0.39 is 0 Å². The first kappa shape index (κ1) is 12.1. The second kappa shape index (κ2) is 5.82. The topological polar surface area (TPSA) is 59.0 Å². The van der Waals surface area contributed by atoms with E-state index in [1.54, 1.807) is 24.0 Å². The van der Waals surface area contributed by atoms with Gasteiger partial charge in [0.1, 0.15) is 5.69 Å². The summed E-state index contributed by atoms with van der Waals surface area (Å²) in [6, 6.07) is 1.74. The highest BCUT2D eigenvalue weighted by molar-refractivity contribution is 5.92. The number of amides is 1. The van der Waals surface area contributed by atoms with Crippen molar-refractivity contribution in [1.82, 2.24) is 20.4 Å². The highest BCUT2D eigenvalue weighted by atomic mass is 16.2. The largest absolute Gasteiger partial charge is 0.351 e. The van der Waals surface area contributed by atoms with Crippen LogP contribution in [0.2, 0.25) is 0 Å². The Morgan fingerprint density at radius 1 is 1.59 bits per heavy atom. The average molecular weight is 236 g/mol. The van der Waals surface area contributed by atoms with Gasteiger partial charge in [-0.15, -0.1) is 0 Å². The molecule has 0 aliphatic carbocycles. The van der Waals surface area contributed by atoms with Crippen molar-refractivity contribution in [3.8, 4) is 0 Å². The lowest BCUT2D eigenvalue weighted by atomic mass is 9.95. The summed E-state index contributed by atoms with van der Waals surface area (Å²) in [7, 11) is 1.78.